The normalized spacial score (nSPS) is 18.1. The molecule has 1 atom stereocenters. The summed E-state index contributed by atoms with van der Waals surface area (Å²) < 4.78 is 5.21. The van der Waals surface area contributed by atoms with E-state index >= 15 is 0 Å². The Morgan fingerprint density at radius 1 is 1.31 bits per heavy atom. The average Bonchev–Trinajstić information content (AvgIpc) is 2.28. The van der Waals surface area contributed by atoms with E-state index in [1.54, 1.807) is 0 Å². The lowest BCUT2D eigenvalue weighted by molar-refractivity contribution is -0.0382. The topological polar surface area (TPSA) is 35.2 Å². The molecule has 0 bridgehead atoms. The molecular formula is C14H21NO. The number of rotatable bonds is 5. The van der Waals surface area contributed by atoms with E-state index in [0.717, 1.165) is 32.1 Å². The van der Waals surface area contributed by atoms with Crippen molar-refractivity contribution in [1.82, 2.24) is 0 Å². The van der Waals surface area contributed by atoms with E-state index in [1.807, 2.05) is 0 Å². The zero-order valence-electron chi connectivity index (χ0n) is 9.99. The quantitative estimate of drug-likeness (QED) is 0.825. The lowest BCUT2D eigenvalue weighted by Gasteiger charge is -2.29. The van der Waals surface area contributed by atoms with Crippen LogP contribution in [0.5, 0.6) is 0 Å². The molecule has 2 N–H and O–H groups in total. The van der Waals surface area contributed by atoms with Crippen LogP contribution in [0, 0.1) is 5.92 Å². The van der Waals surface area contributed by atoms with E-state index in [0.29, 0.717) is 5.92 Å². The molecule has 0 saturated carbocycles. The van der Waals surface area contributed by atoms with Gasteiger partial charge in [0.1, 0.15) is 0 Å². The van der Waals surface area contributed by atoms with Gasteiger partial charge in [-0.1, -0.05) is 31.2 Å². The Morgan fingerprint density at radius 3 is 2.44 bits per heavy atom. The third-order valence-electron chi connectivity index (χ3n) is 3.47. The van der Waals surface area contributed by atoms with Crippen LogP contribution >= 0.6 is 0 Å². The summed E-state index contributed by atoms with van der Waals surface area (Å²) in [6.45, 7) is 4.76. The Bertz CT molecular complexity index is 316. The van der Waals surface area contributed by atoms with Crippen molar-refractivity contribution < 1.29 is 4.74 Å². The van der Waals surface area contributed by atoms with Crippen molar-refractivity contribution in [2.45, 2.75) is 25.7 Å². The maximum absolute atomic E-state index is 5.86. The van der Waals surface area contributed by atoms with Gasteiger partial charge in [0.25, 0.3) is 0 Å². The first kappa shape index (κ1) is 11.6. The summed E-state index contributed by atoms with van der Waals surface area (Å²) >= 11 is 0. The number of hydrogen-bond donors (Lipinski definition) is 1. The van der Waals surface area contributed by atoms with E-state index in [1.165, 1.54) is 17.5 Å². The van der Waals surface area contributed by atoms with Crippen LogP contribution < -0.4 is 5.73 Å². The van der Waals surface area contributed by atoms with Crippen LogP contribution in [0.4, 0.5) is 0 Å². The van der Waals surface area contributed by atoms with Crippen molar-refractivity contribution in [3.05, 3.63) is 35.4 Å². The molecule has 2 rings (SSSR count). The number of benzene rings is 1. The molecular weight excluding hydrogens is 198 g/mol. The number of aryl methyl sites for hydroxylation is 1. The largest absolute Gasteiger partial charge is 0.381 e. The summed E-state index contributed by atoms with van der Waals surface area (Å²) in [5, 5.41) is 0. The van der Waals surface area contributed by atoms with E-state index in [2.05, 4.69) is 31.2 Å². The monoisotopic (exact) mass is 219 g/mol. The van der Waals surface area contributed by atoms with Gasteiger partial charge in [0.15, 0.2) is 0 Å². The van der Waals surface area contributed by atoms with Gasteiger partial charge in [-0.05, 0) is 36.4 Å². The highest BCUT2D eigenvalue weighted by molar-refractivity contribution is 5.25. The zero-order chi connectivity index (χ0) is 11.4. The van der Waals surface area contributed by atoms with E-state index < -0.39 is 0 Å². The maximum atomic E-state index is 5.86. The van der Waals surface area contributed by atoms with E-state index in [9.17, 15) is 0 Å². The Morgan fingerprint density at radius 2 is 2.00 bits per heavy atom. The molecule has 1 heterocycles. The van der Waals surface area contributed by atoms with Crippen molar-refractivity contribution in [2.75, 3.05) is 19.8 Å². The lowest BCUT2D eigenvalue weighted by Crippen LogP contribution is -2.30. The minimum Gasteiger partial charge on any atom is -0.381 e. The molecule has 0 aromatic heterocycles. The highest BCUT2D eigenvalue weighted by atomic mass is 16.5. The smallest absolute Gasteiger partial charge is 0.0516 e. The highest BCUT2D eigenvalue weighted by Gasteiger charge is 2.23. The first-order chi connectivity index (χ1) is 7.83. The Balaban J connectivity index is 2.00. The lowest BCUT2D eigenvalue weighted by atomic mass is 9.87. The van der Waals surface area contributed by atoms with Crippen LogP contribution in [0.2, 0.25) is 0 Å². The summed E-state index contributed by atoms with van der Waals surface area (Å²) in [4.78, 5) is 0. The van der Waals surface area contributed by atoms with Gasteiger partial charge >= 0.3 is 0 Å². The highest BCUT2D eigenvalue weighted by Crippen LogP contribution is 2.27. The molecule has 1 fully saturated rings. The second-order valence-electron chi connectivity index (χ2n) is 4.67. The summed E-state index contributed by atoms with van der Waals surface area (Å²) in [5.74, 6) is 1.22. The molecule has 2 heteroatoms. The van der Waals surface area contributed by atoms with Crippen LogP contribution in [0.1, 0.15) is 30.4 Å². The summed E-state index contributed by atoms with van der Waals surface area (Å²) in [7, 11) is 0. The van der Waals surface area contributed by atoms with Gasteiger partial charge in [-0.3, -0.25) is 0 Å². The second-order valence-corrected chi connectivity index (χ2v) is 4.67. The first-order valence-corrected chi connectivity index (χ1v) is 6.20. The van der Waals surface area contributed by atoms with Crippen LogP contribution in [-0.4, -0.2) is 19.8 Å². The molecule has 2 nitrogen and oxygen atoms in total. The van der Waals surface area contributed by atoms with E-state index in [4.69, 9.17) is 10.5 Å². The molecule has 16 heavy (non-hydrogen) atoms. The fourth-order valence-electron chi connectivity index (χ4n) is 2.22. The van der Waals surface area contributed by atoms with E-state index in [-0.39, 0.29) is 0 Å². The molecule has 0 spiro atoms. The summed E-state index contributed by atoms with van der Waals surface area (Å²) in [6, 6.07) is 8.90. The summed E-state index contributed by atoms with van der Waals surface area (Å²) in [6.07, 6.45) is 2.27. The van der Waals surface area contributed by atoms with Crippen molar-refractivity contribution >= 4 is 0 Å². The summed E-state index contributed by atoms with van der Waals surface area (Å²) in [5.41, 5.74) is 8.64. The van der Waals surface area contributed by atoms with Gasteiger partial charge < -0.3 is 10.5 Å². The maximum Gasteiger partial charge on any atom is 0.0516 e. The molecule has 1 aromatic rings. The van der Waals surface area contributed by atoms with Crippen LogP contribution in [0.3, 0.4) is 0 Å². The fraction of sp³-hybridized carbons (Fsp3) is 0.571. The molecule has 88 valence electrons. The molecule has 0 amide bonds. The fourth-order valence-corrected chi connectivity index (χ4v) is 2.22. The van der Waals surface area contributed by atoms with Crippen LogP contribution in [-0.2, 0) is 11.2 Å². The number of hydrogen-bond acceptors (Lipinski definition) is 2. The van der Waals surface area contributed by atoms with Gasteiger partial charge in [0, 0.05) is 5.92 Å². The number of ether oxygens (including phenoxy) is 1. The van der Waals surface area contributed by atoms with Crippen LogP contribution in [0.15, 0.2) is 24.3 Å². The standard InChI is InChI=1S/C14H21NO/c1-2-11-3-5-13(6-4-11)14(8-15)7-12-9-16-10-12/h3-6,12,14H,2,7-10,15H2,1H3. The molecule has 0 radical (unpaired) electrons. The molecule has 0 aliphatic carbocycles. The molecule has 1 unspecified atom stereocenters. The SMILES string of the molecule is CCc1ccc(C(CN)CC2COC2)cc1. The molecule has 1 saturated heterocycles. The van der Waals surface area contributed by atoms with Gasteiger partial charge in [-0.25, -0.2) is 0 Å². The van der Waals surface area contributed by atoms with Gasteiger partial charge in [-0.15, -0.1) is 0 Å². The third-order valence-corrected chi connectivity index (χ3v) is 3.47. The predicted octanol–water partition coefficient (Wildman–Crippen LogP) is 2.33. The molecule has 1 aliphatic rings. The van der Waals surface area contributed by atoms with Gasteiger partial charge in [0.2, 0.25) is 0 Å². The molecule has 1 aromatic carbocycles. The zero-order valence-corrected chi connectivity index (χ0v) is 9.99. The van der Waals surface area contributed by atoms with Crippen molar-refractivity contribution in [3.63, 3.8) is 0 Å². The Kier molecular flexibility index (Phi) is 3.97. The third kappa shape index (κ3) is 2.63. The van der Waals surface area contributed by atoms with Crippen molar-refractivity contribution in [1.29, 1.82) is 0 Å². The van der Waals surface area contributed by atoms with Crippen molar-refractivity contribution in [2.24, 2.45) is 11.7 Å². The predicted molar refractivity (Wildman–Crippen MR) is 66.5 cm³/mol. The minimum absolute atomic E-state index is 0.500. The first-order valence-electron chi connectivity index (χ1n) is 6.20. The van der Waals surface area contributed by atoms with Crippen molar-refractivity contribution in [3.8, 4) is 0 Å². The van der Waals surface area contributed by atoms with Crippen LogP contribution in [0.25, 0.3) is 0 Å². The average molecular weight is 219 g/mol. The Hall–Kier alpha value is -0.860. The second kappa shape index (κ2) is 5.46. The van der Waals surface area contributed by atoms with Gasteiger partial charge in [-0.2, -0.15) is 0 Å². The Labute approximate surface area is 97.8 Å². The van der Waals surface area contributed by atoms with Gasteiger partial charge in [0.05, 0.1) is 13.2 Å². The minimum atomic E-state index is 0.500. The number of nitrogens with two attached hydrogens (primary N) is 1. The molecule has 1 aliphatic heterocycles.